The van der Waals surface area contributed by atoms with E-state index < -0.39 is 0 Å². The van der Waals surface area contributed by atoms with Gasteiger partial charge in [-0.25, -0.2) is 0 Å². The predicted octanol–water partition coefficient (Wildman–Crippen LogP) is 2.79. The number of hydrogen-bond donors (Lipinski definition) is 0. The number of rotatable bonds is 3. The predicted molar refractivity (Wildman–Crippen MR) is 55.8 cm³/mol. The molecule has 0 aromatic heterocycles. The van der Waals surface area contributed by atoms with Crippen molar-refractivity contribution in [3.63, 3.8) is 0 Å². The lowest BCUT2D eigenvalue weighted by Crippen LogP contribution is -2.28. The fraction of sp³-hybridized carbons (Fsp3) is 0.333. The van der Waals surface area contributed by atoms with Crippen LogP contribution in [-0.4, -0.2) is 12.7 Å². The van der Waals surface area contributed by atoms with E-state index >= 15 is 0 Å². The Bertz CT molecular complexity index is 320. The highest BCUT2D eigenvalue weighted by molar-refractivity contribution is 5.40. The van der Waals surface area contributed by atoms with Crippen LogP contribution < -0.4 is 9.47 Å². The molecule has 1 atom stereocenters. The van der Waals surface area contributed by atoms with E-state index in [1.807, 2.05) is 30.3 Å². The van der Waals surface area contributed by atoms with Crippen molar-refractivity contribution in [3.05, 3.63) is 36.9 Å². The first kappa shape index (κ1) is 9.13. The summed E-state index contributed by atoms with van der Waals surface area (Å²) in [4.78, 5) is 0. The van der Waals surface area contributed by atoms with Crippen LogP contribution in [0.1, 0.15) is 12.8 Å². The van der Waals surface area contributed by atoms with Gasteiger partial charge >= 0.3 is 0 Å². The summed E-state index contributed by atoms with van der Waals surface area (Å²) in [6.07, 6.45) is 4.01. The van der Waals surface area contributed by atoms with Gasteiger partial charge in [-0.1, -0.05) is 18.2 Å². The van der Waals surface area contributed by atoms with Crippen LogP contribution in [0.25, 0.3) is 0 Å². The Morgan fingerprint density at radius 2 is 2.14 bits per heavy atom. The number of ether oxygens (including phenoxy) is 2. The quantitative estimate of drug-likeness (QED) is 0.682. The third-order valence-corrected chi connectivity index (χ3v) is 2.26. The number of allylic oxidation sites excluding steroid dienone is 1. The van der Waals surface area contributed by atoms with E-state index in [9.17, 15) is 0 Å². The van der Waals surface area contributed by atoms with E-state index in [0.29, 0.717) is 6.61 Å². The molecule has 1 aromatic rings. The Morgan fingerprint density at radius 3 is 2.93 bits per heavy atom. The maximum atomic E-state index is 5.76. The Morgan fingerprint density at radius 1 is 1.36 bits per heavy atom. The molecule has 0 aliphatic carbocycles. The molecular weight excluding hydrogens is 176 g/mol. The Hall–Kier alpha value is -1.44. The second-order valence-corrected chi connectivity index (χ2v) is 3.36. The maximum absolute atomic E-state index is 5.76. The van der Waals surface area contributed by atoms with Crippen molar-refractivity contribution in [1.29, 1.82) is 0 Å². The van der Waals surface area contributed by atoms with Gasteiger partial charge in [0.1, 0.15) is 12.7 Å². The van der Waals surface area contributed by atoms with Crippen LogP contribution in [0.2, 0.25) is 0 Å². The summed E-state index contributed by atoms with van der Waals surface area (Å²) in [5.41, 5.74) is 0. The van der Waals surface area contributed by atoms with E-state index in [1.165, 1.54) is 0 Å². The summed E-state index contributed by atoms with van der Waals surface area (Å²) in [7, 11) is 0. The minimum absolute atomic E-state index is 0.169. The number of para-hydroxylation sites is 2. The van der Waals surface area contributed by atoms with Crippen molar-refractivity contribution in [2.24, 2.45) is 0 Å². The molecule has 2 rings (SSSR count). The van der Waals surface area contributed by atoms with Crippen molar-refractivity contribution >= 4 is 0 Å². The van der Waals surface area contributed by atoms with Gasteiger partial charge in [0.2, 0.25) is 0 Å². The molecule has 1 aliphatic rings. The molecule has 1 heterocycles. The standard InChI is InChI=1S/C12H14O2/c1-2-3-6-10-9-13-11-7-4-5-8-12(11)14-10/h2,4-5,7-8,10H,1,3,6,9H2. The molecule has 2 heteroatoms. The summed E-state index contributed by atoms with van der Waals surface area (Å²) in [6.45, 7) is 4.34. The summed E-state index contributed by atoms with van der Waals surface area (Å²) in [5.74, 6) is 1.70. The van der Waals surface area contributed by atoms with Gasteiger partial charge in [-0.3, -0.25) is 0 Å². The summed E-state index contributed by atoms with van der Waals surface area (Å²) >= 11 is 0. The molecule has 0 amide bonds. The largest absolute Gasteiger partial charge is 0.486 e. The average Bonchev–Trinajstić information content (AvgIpc) is 2.26. The highest BCUT2D eigenvalue weighted by atomic mass is 16.6. The molecule has 0 saturated heterocycles. The smallest absolute Gasteiger partial charge is 0.161 e. The lowest BCUT2D eigenvalue weighted by molar-refractivity contribution is 0.0856. The zero-order chi connectivity index (χ0) is 9.80. The molecule has 0 N–H and O–H groups in total. The molecule has 0 fully saturated rings. The van der Waals surface area contributed by atoms with Gasteiger partial charge in [0.05, 0.1) is 0 Å². The lowest BCUT2D eigenvalue weighted by Gasteiger charge is -2.26. The van der Waals surface area contributed by atoms with Crippen molar-refractivity contribution in [2.45, 2.75) is 18.9 Å². The maximum Gasteiger partial charge on any atom is 0.161 e. The third kappa shape index (κ3) is 1.90. The van der Waals surface area contributed by atoms with Crippen LogP contribution in [-0.2, 0) is 0 Å². The second kappa shape index (κ2) is 4.18. The first-order valence-corrected chi connectivity index (χ1v) is 4.89. The summed E-state index contributed by atoms with van der Waals surface area (Å²) in [6, 6.07) is 7.78. The highest BCUT2D eigenvalue weighted by Gasteiger charge is 2.19. The Balaban J connectivity index is 2.02. The normalized spacial score (nSPS) is 19.0. The van der Waals surface area contributed by atoms with Gasteiger partial charge in [0, 0.05) is 0 Å². The molecule has 1 aromatic carbocycles. The van der Waals surface area contributed by atoms with Crippen LogP contribution in [0.5, 0.6) is 11.5 Å². The molecular formula is C12H14O2. The summed E-state index contributed by atoms with van der Waals surface area (Å²) < 4.78 is 11.3. The van der Waals surface area contributed by atoms with Gasteiger partial charge in [-0.05, 0) is 25.0 Å². The van der Waals surface area contributed by atoms with E-state index in [0.717, 1.165) is 24.3 Å². The monoisotopic (exact) mass is 190 g/mol. The van der Waals surface area contributed by atoms with Gasteiger partial charge in [0.25, 0.3) is 0 Å². The van der Waals surface area contributed by atoms with Gasteiger partial charge < -0.3 is 9.47 Å². The topological polar surface area (TPSA) is 18.5 Å². The van der Waals surface area contributed by atoms with E-state index in [2.05, 4.69) is 6.58 Å². The van der Waals surface area contributed by atoms with Crippen molar-refractivity contribution in [3.8, 4) is 11.5 Å². The molecule has 2 nitrogen and oxygen atoms in total. The van der Waals surface area contributed by atoms with Gasteiger partial charge in [-0.2, -0.15) is 0 Å². The van der Waals surface area contributed by atoms with E-state index in [-0.39, 0.29) is 6.10 Å². The molecule has 1 unspecified atom stereocenters. The van der Waals surface area contributed by atoms with Crippen molar-refractivity contribution in [2.75, 3.05) is 6.61 Å². The lowest BCUT2D eigenvalue weighted by atomic mass is 10.2. The van der Waals surface area contributed by atoms with E-state index in [1.54, 1.807) is 0 Å². The third-order valence-electron chi connectivity index (χ3n) is 2.26. The van der Waals surface area contributed by atoms with E-state index in [4.69, 9.17) is 9.47 Å². The van der Waals surface area contributed by atoms with Crippen molar-refractivity contribution < 1.29 is 9.47 Å². The van der Waals surface area contributed by atoms with Crippen LogP contribution >= 0.6 is 0 Å². The molecule has 0 radical (unpaired) electrons. The Kier molecular flexibility index (Phi) is 2.73. The fourth-order valence-electron chi connectivity index (χ4n) is 1.51. The second-order valence-electron chi connectivity index (χ2n) is 3.36. The van der Waals surface area contributed by atoms with Crippen molar-refractivity contribution in [1.82, 2.24) is 0 Å². The van der Waals surface area contributed by atoms with Gasteiger partial charge in [-0.15, -0.1) is 6.58 Å². The first-order chi connectivity index (χ1) is 6.90. The molecule has 74 valence electrons. The molecule has 0 saturated carbocycles. The zero-order valence-corrected chi connectivity index (χ0v) is 8.11. The van der Waals surface area contributed by atoms with Crippen LogP contribution in [0.3, 0.4) is 0 Å². The number of hydrogen-bond acceptors (Lipinski definition) is 2. The summed E-state index contributed by atoms with van der Waals surface area (Å²) in [5, 5.41) is 0. The van der Waals surface area contributed by atoms with Gasteiger partial charge in [0.15, 0.2) is 11.5 Å². The highest BCUT2D eigenvalue weighted by Crippen LogP contribution is 2.31. The van der Waals surface area contributed by atoms with Crippen LogP contribution in [0.15, 0.2) is 36.9 Å². The molecule has 1 aliphatic heterocycles. The SMILES string of the molecule is C=CCCC1COc2ccccc2O1. The van der Waals surface area contributed by atoms with Crippen LogP contribution in [0.4, 0.5) is 0 Å². The minimum atomic E-state index is 0.169. The minimum Gasteiger partial charge on any atom is -0.486 e. The number of fused-ring (bicyclic) bond motifs is 1. The first-order valence-electron chi connectivity index (χ1n) is 4.89. The van der Waals surface area contributed by atoms with Crippen LogP contribution in [0, 0.1) is 0 Å². The molecule has 0 bridgehead atoms. The Labute approximate surface area is 84.2 Å². The molecule has 0 spiro atoms. The molecule has 14 heavy (non-hydrogen) atoms. The fourth-order valence-corrected chi connectivity index (χ4v) is 1.51. The number of benzene rings is 1. The zero-order valence-electron chi connectivity index (χ0n) is 8.11. The average molecular weight is 190 g/mol.